The summed E-state index contributed by atoms with van der Waals surface area (Å²) in [5.74, 6) is -0.0775. The summed E-state index contributed by atoms with van der Waals surface area (Å²) < 4.78 is 0. The molecule has 3 N–H and O–H groups in total. The SMILES string of the molecule is CC/C=C\C/C=C\C/C=C\C/C=C\C/C=C\CCCCCCCCCCCCCCCCCCCC(=O)NC(CO)C(O)/C=C/CC/C=C/CC/C=C/CCCCCCCCCCCCCCCCC. The van der Waals surface area contributed by atoms with Crippen molar-refractivity contribution in [1.82, 2.24) is 5.32 Å². The van der Waals surface area contributed by atoms with Gasteiger partial charge < -0.3 is 15.5 Å². The molecular formula is C66H117NO3. The molecule has 2 atom stereocenters. The smallest absolute Gasteiger partial charge is 0.220 e. The molecule has 0 aliphatic carbocycles. The molecule has 0 spiro atoms. The molecule has 0 aromatic heterocycles. The Labute approximate surface area is 436 Å². The maximum Gasteiger partial charge on any atom is 0.220 e. The minimum absolute atomic E-state index is 0.0775. The number of amides is 1. The summed E-state index contributed by atoms with van der Waals surface area (Å²) in [5.41, 5.74) is 0. The van der Waals surface area contributed by atoms with E-state index in [1.54, 1.807) is 6.08 Å². The molecule has 70 heavy (non-hydrogen) atoms. The van der Waals surface area contributed by atoms with Gasteiger partial charge in [0.15, 0.2) is 0 Å². The van der Waals surface area contributed by atoms with Crippen molar-refractivity contribution in [1.29, 1.82) is 0 Å². The summed E-state index contributed by atoms with van der Waals surface area (Å²) >= 11 is 0. The zero-order valence-electron chi connectivity index (χ0n) is 46.5. The van der Waals surface area contributed by atoms with Gasteiger partial charge in [-0.15, -0.1) is 0 Å². The van der Waals surface area contributed by atoms with Gasteiger partial charge in [0.25, 0.3) is 0 Å². The van der Waals surface area contributed by atoms with Gasteiger partial charge >= 0.3 is 0 Å². The number of allylic oxidation sites excluding steroid dienone is 15. The number of carbonyl (C=O) groups excluding carboxylic acids is 1. The molecule has 0 saturated carbocycles. The first-order valence-electron chi connectivity index (χ1n) is 30.5. The van der Waals surface area contributed by atoms with Crippen LogP contribution in [-0.2, 0) is 4.79 Å². The molecule has 1 amide bonds. The first-order valence-corrected chi connectivity index (χ1v) is 30.5. The van der Waals surface area contributed by atoms with E-state index < -0.39 is 12.1 Å². The normalized spacial score (nSPS) is 13.5. The van der Waals surface area contributed by atoms with Crippen LogP contribution in [0.25, 0.3) is 0 Å². The van der Waals surface area contributed by atoms with Crippen LogP contribution in [0.3, 0.4) is 0 Å². The van der Waals surface area contributed by atoms with Crippen LogP contribution in [-0.4, -0.2) is 34.9 Å². The van der Waals surface area contributed by atoms with E-state index in [9.17, 15) is 15.0 Å². The number of unbranched alkanes of at least 4 members (excludes halogenated alkanes) is 34. The number of rotatable bonds is 55. The Morgan fingerprint density at radius 3 is 1.00 bits per heavy atom. The molecule has 404 valence electrons. The van der Waals surface area contributed by atoms with E-state index in [0.29, 0.717) is 6.42 Å². The van der Waals surface area contributed by atoms with Crippen molar-refractivity contribution in [2.75, 3.05) is 6.61 Å². The monoisotopic (exact) mass is 972 g/mol. The summed E-state index contributed by atoms with van der Waals surface area (Å²) in [6.45, 7) is 4.20. The van der Waals surface area contributed by atoms with Crippen molar-refractivity contribution in [3.8, 4) is 0 Å². The maximum atomic E-state index is 12.5. The molecule has 0 rings (SSSR count). The van der Waals surface area contributed by atoms with Gasteiger partial charge in [-0.05, 0) is 89.9 Å². The predicted molar refractivity (Wildman–Crippen MR) is 313 cm³/mol. The summed E-state index contributed by atoms with van der Waals surface area (Å²) in [6.07, 6.45) is 90.2. The van der Waals surface area contributed by atoms with Crippen LogP contribution in [0.15, 0.2) is 97.2 Å². The van der Waals surface area contributed by atoms with Crippen LogP contribution in [0.1, 0.15) is 296 Å². The van der Waals surface area contributed by atoms with Crippen LogP contribution in [0.5, 0.6) is 0 Å². The predicted octanol–water partition coefficient (Wildman–Crippen LogP) is 20.5. The lowest BCUT2D eigenvalue weighted by atomic mass is 10.0. The Balaban J connectivity index is 3.54. The minimum Gasteiger partial charge on any atom is -0.394 e. The van der Waals surface area contributed by atoms with Gasteiger partial charge in [0.2, 0.25) is 5.91 Å². The highest BCUT2D eigenvalue weighted by atomic mass is 16.3. The van der Waals surface area contributed by atoms with Gasteiger partial charge in [-0.25, -0.2) is 0 Å². The van der Waals surface area contributed by atoms with Gasteiger partial charge in [-0.3, -0.25) is 4.79 Å². The Bertz CT molecular complexity index is 1290. The molecule has 0 saturated heterocycles. The fraction of sp³-hybridized carbons (Fsp3) is 0.742. The highest BCUT2D eigenvalue weighted by Gasteiger charge is 2.18. The summed E-state index contributed by atoms with van der Waals surface area (Å²) in [5, 5.41) is 23.2. The van der Waals surface area contributed by atoms with Crippen LogP contribution < -0.4 is 5.32 Å². The third kappa shape index (κ3) is 56.2. The van der Waals surface area contributed by atoms with Gasteiger partial charge in [-0.2, -0.15) is 0 Å². The highest BCUT2D eigenvalue weighted by Crippen LogP contribution is 2.17. The number of hydrogen-bond donors (Lipinski definition) is 3. The third-order valence-corrected chi connectivity index (χ3v) is 13.5. The van der Waals surface area contributed by atoms with Crippen LogP contribution in [0, 0.1) is 0 Å². The molecule has 0 fully saturated rings. The molecule has 4 nitrogen and oxygen atoms in total. The van der Waals surface area contributed by atoms with E-state index in [2.05, 4.69) is 104 Å². The summed E-state index contributed by atoms with van der Waals surface area (Å²) in [4.78, 5) is 12.5. The van der Waals surface area contributed by atoms with Crippen LogP contribution >= 0.6 is 0 Å². The van der Waals surface area contributed by atoms with E-state index in [1.807, 2.05) is 6.08 Å². The van der Waals surface area contributed by atoms with Crippen molar-refractivity contribution in [2.45, 2.75) is 309 Å². The average Bonchev–Trinajstić information content (AvgIpc) is 3.36. The molecular weight excluding hydrogens is 855 g/mol. The fourth-order valence-electron chi connectivity index (χ4n) is 8.95. The molecule has 4 heteroatoms. The van der Waals surface area contributed by atoms with Crippen molar-refractivity contribution in [3.63, 3.8) is 0 Å². The Morgan fingerprint density at radius 2 is 0.643 bits per heavy atom. The third-order valence-electron chi connectivity index (χ3n) is 13.5. The Kier molecular flexibility index (Phi) is 58.3. The van der Waals surface area contributed by atoms with E-state index in [0.717, 1.165) is 70.6 Å². The number of nitrogens with one attached hydrogen (secondary N) is 1. The van der Waals surface area contributed by atoms with Crippen LogP contribution in [0.2, 0.25) is 0 Å². The molecule has 2 unspecified atom stereocenters. The van der Waals surface area contributed by atoms with Gasteiger partial charge in [0, 0.05) is 6.42 Å². The molecule has 0 bridgehead atoms. The van der Waals surface area contributed by atoms with Crippen molar-refractivity contribution < 1.29 is 15.0 Å². The second-order valence-electron chi connectivity index (χ2n) is 20.4. The maximum absolute atomic E-state index is 12.5. The fourth-order valence-corrected chi connectivity index (χ4v) is 8.95. The molecule has 0 heterocycles. The molecule has 0 aliphatic rings. The molecule has 0 aromatic rings. The molecule has 0 aromatic carbocycles. The summed E-state index contributed by atoms with van der Waals surface area (Å²) in [6, 6.07) is -0.651. The lowest BCUT2D eigenvalue weighted by Gasteiger charge is -2.19. The van der Waals surface area contributed by atoms with Crippen molar-refractivity contribution in [3.05, 3.63) is 97.2 Å². The van der Waals surface area contributed by atoms with Gasteiger partial charge in [0.05, 0.1) is 18.8 Å². The molecule has 0 aliphatic heterocycles. The van der Waals surface area contributed by atoms with Crippen molar-refractivity contribution >= 4 is 5.91 Å². The zero-order chi connectivity index (χ0) is 50.6. The van der Waals surface area contributed by atoms with E-state index in [-0.39, 0.29) is 12.5 Å². The van der Waals surface area contributed by atoms with E-state index in [4.69, 9.17) is 0 Å². The van der Waals surface area contributed by atoms with Gasteiger partial charge in [-0.1, -0.05) is 297 Å². The summed E-state index contributed by atoms with van der Waals surface area (Å²) in [7, 11) is 0. The Hall–Kier alpha value is -2.69. The highest BCUT2D eigenvalue weighted by molar-refractivity contribution is 5.76. The van der Waals surface area contributed by atoms with E-state index in [1.165, 1.54) is 205 Å². The lowest BCUT2D eigenvalue weighted by Crippen LogP contribution is -2.45. The zero-order valence-corrected chi connectivity index (χ0v) is 46.5. The first kappa shape index (κ1) is 67.3. The number of hydrogen-bond acceptors (Lipinski definition) is 3. The number of aliphatic hydroxyl groups is 2. The topological polar surface area (TPSA) is 69.6 Å². The van der Waals surface area contributed by atoms with Gasteiger partial charge in [0.1, 0.15) is 0 Å². The minimum atomic E-state index is -0.875. The van der Waals surface area contributed by atoms with Crippen LogP contribution in [0.4, 0.5) is 0 Å². The second-order valence-corrected chi connectivity index (χ2v) is 20.4. The van der Waals surface area contributed by atoms with E-state index >= 15 is 0 Å². The van der Waals surface area contributed by atoms with Crippen molar-refractivity contribution in [2.24, 2.45) is 0 Å². The molecule has 0 radical (unpaired) electrons. The first-order chi connectivity index (χ1) is 34.7. The average molecular weight is 973 g/mol. The number of carbonyl (C=O) groups is 1. The standard InChI is InChI=1S/C66H117NO3/c1-3-5-7-9-11-13-15-17-19-21-23-25-27-29-30-31-32-33-34-35-36-38-40-42-44-46-48-50-52-54-56-58-60-62-66(70)67-64(63-68)65(69)61-59-57-55-53-51-49-47-45-43-41-39-37-28-26-24-22-20-18-16-14-12-10-8-6-4-2/h5,7,11,13,17,19,23,25,29-30,43,45,51,53,59,61,64-65,68-69H,3-4,6,8-10,12,14-16,18,20-22,24,26-28,31-42,44,46-50,52,54-58,60,62-63H2,1-2H3,(H,67,70)/b7-5-,13-11-,19-17-,25-23-,30-29-,45-43+,53-51+,61-59+. The largest absolute Gasteiger partial charge is 0.394 e. The lowest BCUT2D eigenvalue weighted by molar-refractivity contribution is -0.123. The Morgan fingerprint density at radius 1 is 0.357 bits per heavy atom. The number of aliphatic hydroxyl groups excluding tert-OH is 2. The second kappa shape index (κ2) is 60.6. The quantitative estimate of drug-likeness (QED) is 0.0420.